The zero-order chi connectivity index (χ0) is 20.7. The van der Waals surface area contributed by atoms with Crippen LogP contribution in [0.3, 0.4) is 0 Å². The van der Waals surface area contributed by atoms with Gasteiger partial charge in [0.15, 0.2) is 5.65 Å². The summed E-state index contributed by atoms with van der Waals surface area (Å²) in [6.45, 7) is 9.20. The standard InChI is InChI=1S/C19H24ClN5O2S/c1-6-14-17(28(26,27)24-19(3,4)5)18-21-10-9-16(25(18)23-14)22-15-8-7-12(2)11-13(15)20/h7-11,22,24H,6H2,1-5H3. The molecule has 150 valence electrons. The van der Waals surface area contributed by atoms with E-state index in [1.165, 1.54) is 4.52 Å². The number of anilines is 2. The zero-order valence-electron chi connectivity index (χ0n) is 16.5. The van der Waals surface area contributed by atoms with Crippen LogP contribution < -0.4 is 10.0 Å². The molecule has 2 N–H and O–H groups in total. The van der Waals surface area contributed by atoms with Gasteiger partial charge in [-0.25, -0.2) is 18.1 Å². The average Bonchev–Trinajstić information content (AvgIpc) is 2.95. The molecule has 0 spiro atoms. The van der Waals surface area contributed by atoms with Gasteiger partial charge in [-0.3, -0.25) is 0 Å². The number of sulfonamides is 1. The van der Waals surface area contributed by atoms with Gasteiger partial charge in [-0.15, -0.1) is 0 Å². The lowest BCUT2D eigenvalue weighted by Crippen LogP contribution is -2.40. The van der Waals surface area contributed by atoms with Crippen LogP contribution in [0, 0.1) is 6.92 Å². The lowest BCUT2D eigenvalue weighted by atomic mass is 10.1. The van der Waals surface area contributed by atoms with Gasteiger partial charge >= 0.3 is 0 Å². The number of fused-ring (bicyclic) bond motifs is 1. The molecule has 7 nitrogen and oxygen atoms in total. The van der Waals surface area contributed by atoms with Gasteiger partial charge in [0.2, 0.25) is 10.0 Å². The molecule has 0 atom stereocenters. The molecular formula is C19H24ClN5O2S. The first-order valence-corrected chi connectivity index (χ1v) is 10.8. The highest BCUT2D eigenvalue weighted by atomic mass is 35.5. The number of aryl methyl sites for hydroxylation is 2. The number of hydrogen-bond donors (Lipinski definition) is 2. The van der Waals surface area contributed by atoms with Crippen LogP contribution in [0.15, 0.2) is 35.4 Å². The molecule has 9 heteroatoms. The topological polar surface area (TPSA) is 88.4 Å². The number of halogens is 1. The van der Waals surface area contributed by atoms with Gasteiger partial charge in [-0.1, -0.05) is 24.6 Å². The molecule has 0 aliphatic rings. The van der Waals surface area contributed by atoms with Gasteiger partial charge in [0.1, 0.15) is 10.7 Å². The Bertz CT molecular complexity index is 1130. The zero-order valence-corrected chi connectivity index (χ0v) is 18.1. The van der Waals surface area contributed by atoms with Crippen LogP contribution in [0.1, 0.15) is 39.0 Å². The maximum atomic E-state index is 13.0. The molecule has 3 rings (SSSR count). The van der Waals surface area contributed by atoms with Gasteiger partial charge in [0.05, 0.1) is 16.4 Å². The summed E-state index contributed by atoms with van der Waals surface area (Å²) in [7, 11) is -3.80. The lowest BCUT2D eigenvalue weighted by Gasteiger charge is -2.20. The molecule has 3 aromatic rings. The number of aromatic nitrogens is 3. The SMILES string of the molecule is CCc1nn2c(Nc3ccc(C)cc3Cl)ccnc2c1S(=O)(=O)NC(C)(C)C. The van der Waals surface area contributed by atoms with Crippen LogP contribution in [0.4, 0.5) is 11.5 Å². The molecule has 2 aromatic heterocycles. The molecule has 0 saturated heterocycles. The smallest absolute Gasteiger partial charge is 0.246 e. The largest absolute Gasteiger partial charge is 0.339 e. The molecular weight excluding hydrogens is 398 g/mol. The second kappa shape index (κ2) is 7.35. The van der Waals surface area contributed by atoms with E-state index in [-0.39, 0.29) is 10.5 Å². The predicted octanol–water partition coefficient (Wildman–Crippen LogP) is 4.07. The summed E-state index contributed by atoms with van der Waals surface area (Å²) >= 11 is 6.33. The van der Waals surface area contributed by atoms with Crippen molar-refractivity contribution in [2.75, 3.05) is 5.32 Å². The summed E-state index contributed by atoms with van der Waals surface area (Å²) in [6, 6.07) is 7.39. The summed E-state index contributed by atoms with van der Waals surface area (Å²) < 4.78 is 30.2. The Morgan fingerprint density at radius 1 is 1.21 bits per heavy atom. The van der Waals surface area contributed by atoms with Gasteiger partial charge in [0, 0.05) is 11.7 Å². The molecule has 0 aliphatic carbocycles. The van der Waals surface area contributed by atoms with E-state index in [1.807, 2.05) is 32.0 Å². The summed E-state index contributed by atoms with van der Waals surface area (Å²) in [5.41, 5.74) is 1.84. The van der Waals surface area contributed by atoms with Crippen LogP contribution in [-0.2, 0) is 16.4 Å². The van der Waals surface area contributed by atoms with Crippen molar-refractivity contribution < 1.29 is 8.42 Å². The van der Waals surface area contributed by atoms with Crippen LogP contribution in [0.5, 0.6) is 0 Å². The van der Waals surface area contributed by atoms with Gasteiger partial charge in [0.25, 0.3) is 0 Å². The van der Waals surface area contributed by atoms with Crippen molar-refractivity contribution in [2.45, 2.75) is 51.5 Å². The second-order valence-electron chi connectivity index (χ2n) is 7.66. The highest BCUT2D eigenvalue weighted by Crippen LogP contribution is 2.29. The second-order valence-corrected chi connectivity index (χ2v) is 9.69. The third-order valence-corrected chi connectivity index (χ3v) is 6.12. The summed E-state index contributed by atoms with van der Waals surface area (Å²) in [5.74, 6) is 0.572. The van der Waals surface area contributed by atoms with E-state index in [2.05, 4.69) is 20.1 Å². The lowest BCUT2D eigenvalue weighted by molar-refractivity contribution is 0.491. The normalized spacial score (nSPS) is 12.5. The fourth-order valence-corrected chi connectivity index (χ4v) is 4.95. The molecule has 1 aromatic carbocycles. The van der Waals surface area contributed by atoms with E-state index >= 15 is 0 Å². The first-order chi connectivity index (χ1) is 13.0. The van der Waals surface area contributed by atoms with E-state index in [4.69, 9.17) is 11.6 Å². The van der Waals surface area contributed by atoms with Gasteiger partial charge < -0.3 is 5.32 Å². The Balaban J connectivity index is 2.15. The van der Waals surface area contributed by atoms with E-state index in [9.17, 15) is 8.42 Å². The molecule has 0 amide bonds. The third-order valence-electron chi connectivity index (χ3n) is 3.98. The Hall–Kier alpha value is -2.16. The summed E-state index contributed by atoms with van der Waals surface area (Å²) in [5, 5.41) is 8.29. The minimum Gasteiger partial charge on any atom is -0.339 e. The average molecular weight is 422 g/mol. The van der Waals surface area contributed by atoms with Crippen molar-refractivity contribution in [3.8, 4) is 0 Å². The minimum atomic E-state index is -3.80. The van der Waals surface area contributed by atoms with Crippen LogP contribution in [0.25, 0.3) is 5.65 Å². The van der Waals surface area contributed by atoms with Crippen molar-refractivity contribution in [1.29, 1.82) is 0 Å². The van der Waals surface area contributed by atoms with Crippen molar-refractivity contribution in [2.24, 2.45) is 0 Å². The van der Waals surface area contributed by atoms with Crippen LogP contribution >= 0.6 is 11.6 Å². The van der Waals surface area contributed by atoms with Gasteiger partial charge in [-0.2, -0.15) is 9.61 Å². The van der Waals surface area contributed by atoms with E-state index < -0.39 is 15.6 Å². The Morgan fingerprint density at radius 3 is 2.54 bits per heavy atom. The first kappa shape index (κ1) is 20.6. The molecule has 0 aliphatic heterocycles. The first-order valence-electron chi connectivity index (χ1n) is 8.95. The quantitative estimate of drug-likeness (QED) is 0.648. The number of benzene rings is 1. The fraction of sp³-hybridized carbons (Fsp3) is 0.368. The van der Waals surface area contributed by atoms with Crippen molar-refractivity contribution in [1.82, 2.24) is 19.3 Å². The Morgan fingerprint density at radius 2 is 1.93 bits per heavy atom. The van der Waals surface area contributed by atoms with E-state index in [0.29, 0.717) is 28.6 Å². The number of nitrogens with zero attached hydrogens (tertiary/aromatic N) is 3. The fourth-order valence-electron chi connectivity index (χ4n) is 2.88. The minimum absolute atomic E-state index is 0.101. The molecule has 2 heterocycles. The maximum Gasteiger partial charge on any atom is 0.246 e. The highest BCUT2D eigenvalue weighted by Gasteiger charge is 2.30. The Labute approximate surface area is 170 Å². The third kappa shape index (κ3) is 4.14. The molecule has 28 heavy (non-hydrogen) atoms. The molecule has 0 fully saturated rings. The van der Waals surface area contributed by atoms with Crippen LogP contribution in [-0.4, -0.2) is 28.6 Å². The summed E-state index contributed by atoms with van der Waals surface area (Å²) in [6.07, 6.45) is 2.01. The molecule has 0 bridgehead atoms. The van der Waals surface area contributed by atoms with E-state index in [1.54, 1.807) is 33.0 Å². The van der Waals surface area contributed by atoms with Crippen molar-refractivity contribution in [3.05, 3.63) is 46.7 Å². The van der Waals surface area contributed by atoms with Crippen molar-refractivity contribution in [3.63, 3.8) is 0 Å². The maximum absolute atomic E-state index is 13.0. The molecule has 0 saturated carbocycles. The van der Waals surface area contributed by atoms with Crippen molar-refractivity contribution >= 4 is 38.8 Å². The Kier molecular flexibility index (Phi) is 5.40. The number of rotatable bonds is 5. The summed E-state index contributed by atoms with van der Waals surface area (Å²) in [4.78, 5) is 4.39. The predicted molar refractivity (Wildman–Crippen MR) is 112 cm³/mol. The molecule has 0 unspecified atom stereocenters. The monoisotopic (exact) mass is 421 g/mol. The highest BCUT2D eigenvalue weighted by molar-refractivity contribution is 7.89. The number of nitrogens with one attached hydrogen (secondary N) is 2. The molecule has 0 radical (unpaired) electrons. The van der Waals surface area contributed by atoms with Crippen LogP contribution in [0.2, 0.25) is 5.02 Å². The number of hydrogen-bond acceptors (Lipinski definition) is 5. The van der Waals surface area contributed by atoms with E-state index in [0.717, 1.165) is 5.56 Å². The van der Waals surface area contributed by atoms with Gasteiger partial charge in [-0.05, 0) is 57.9 Å².